The van der Waals surface area contributed by atoms with Gasteiger partial charge in [-0.1, -0.05) is 6.07 Å². The molecule has 2 heterocycles. The molecule has 0 bridgehead atoms. The molecule has 82 valence electrons. The summed E-state index contributed by atoms with van der Waals surface area (Å²) in [6.07, 6.45) is 1.85. The number of aromatic amines is 1. The van der Waals surface area contributed by atoms with Crippen molar-refractivity contribution >= 4 is 16.8 Å². The Bertz CT molecular complexity index is 528. The van der Waals surface area contributed by atoms with Gasteiger partial charge in [0.05, 0.1) is 6.04 Å². The zero-order chi connectivity index (χ0) is 11.0. The van der Waals surface area contributed by atoms with Crippen LogP contribution in [0.25, 0.3) is 10.9 Å². The van der Waals surface area contributed by atoms with Crippen LogP contribution in [0.15, 0.2) is 30.5 Å². The highest BCUT2D eigenvalue weighted by Gasteiger charge is 2.20. The first kappa shape index (κ1) is 9.42. The number of amides is 1. The van der Waals surface area contributed by atoms with Gasteiger partial charge in [0.25, 0.3) is 5.91 Å². The number of aromatic nitrogens is 1. The van der Waals surface area contributed by atoms with E-state index in [1.54, 1.807) is 0 Å². The van der Waals surface area contributed by atoms with Crippen LogP contribution in [0.4, 0.5) is 0 Å². The van der Waals surface area contributed by atoms with E-state index < -0.39 is 0 Å². The molecule has 1 aliphatic rings. The van der Waals surface area contributed by atoms with Gasteiger partial charge in [-0.15, -0.1) is 0 Å². The number of benzene rings is 1. The summed E-state index contributed by atoms with van der Waals surface area (Å²) in [5, 5.41) is 7.11. The Kier molecular flexibility index (Phi) is 2.15. The van der Waals surface area contributed by atoms with Crippen molar-refractivity contribution < 1.29 is 4.79 Å². The minimum absolute atomic E-state index is 0.0108. The minimum Gasteiger partial charge on any atom is -0.361 e. The molecule has 0 spiro atoms. The normalized spacial score (nSPS) is 16.0. The van der Waals surface area contributed by atoms with Gasteiger partial charge in [0.2, 0.25) is 0 Å². The van der Waals surface area contributed by atoms with E-state index in [0.717, 1.165) is 29.6 Å². The third-order valence-electron chi connectivity index (χ3n) is 2.96. The van der Waals surface area contributed by atoms with Crippen LogP contribution in [0, 0.1) is 0 Å². The summed E-state index contributed by atoms with van der Waals surface area (Å²) in [5.74, 6) is 0.0108. The summed E-state index contributed by atoms with van der Waals surface area (Å²) in [5.41, 5.74) is 1.74. The molecule has 16 heavy (non-hydrogen) atoms. The molecule has 0 radical (unpaired) electrons. The molecular weight excluding hydrogens is 202 g/mol. The molecule has 4 heteroatoms. The molecule has 1 aromatic heterocycles. The Morgan fingerprint density at radius 2 is 2.19 bits per heavy atom. The fraction of sp³-hybridized carbons (Fsp3) is 0.250. The van der Waals surface area contributed by atoms with Crippen molar-refractivity contribution in [2.24, 2.45) is 0 Å². The number of fused-ring (bicyclic) bond motifs is 1. The predicted molar refractivity (Wildman–Crippen MR) is 62.4 cm³/mol. The molecule has 1 amide bonds. The second kappa shape index (κ2) is 3.64. The average molecular weight is 215 g/mol. The Balaban J connectivity index is 1.91. The van der Waals surface area contributed by atoms with Gasteiger partial charge in [-0.2, -0.15) is 0 Å². The van der Waals surface area contributed by atoms with Crippen LogP contribution in [0.2, 0.25) is 0 Å². The molecule has 0 atom stereocenters. The molecule has 4 nitrogen and oxygen atoms in total. The van der Waals surface area contributed by atoms with Gasteiger partial charge in [-0.25, -0.2) is 0 Å². The molecule has 1 saturated heterocycles. The Morgan fingerprint density at radius 1 is 1.31 bits per heavy atom. The smallest absolute Gasteiger partial charge is 0.252 e. The van der Waals surface area contributed by atoms with Gasteiger partial charge < -0.3 is 15.6 Å². The van der Waals surface area contributed by atoms with E-state index in [9.17, 15) is 4.79 Å². The molecule has 2 aromatic rings. The van der Waals surface area contributed by atoms with Crippen molar-refractivity contribution in [3.63, 3.8) is 0 Å². The maximum atomic E-state index is 12.0. The van der Waals surface area contributed by atoms with Crippen LogP contribution in [0.1, 0.15) is 10.4 Å². The van der Waals surface area contributed by atoms with E-state index in [1.165, 1.54) is 0 Å². The van der Waals surface area contributed by atoms with Crippen molar-refractivity contribution in [3.05, 3.63) is 36.0 Å². The third-order valence-corrected chi connectivity index (χ3v) is 2.96. The number of H-pyrrole nitrogens is 1. The fourth-order valence-corrected chi connectivity index (χ4v) is 1.94. The van der Waals surface area contributed by atoms with Crippen LogP contribution in [0.5, 0.6) is 0 Å². The second-order valence-electron chi connectivity index (χ2n) is 4.07. The van der Waals surface area contributed by atoms with Crippen molar-refractivity contribution in [3.8, 4) is 0 Å². The van der Waals surface area contributed by atoms with E-state index in [4.69, 9.17) is 0 Å². The lowest BCUT2D eigenvalue weighted by atomic mass is 10.1. The molecule has 1 aromatic carbocycles. The molecule has 0 aliphatic carbocycles. The number of hydrogen-bond acceptors (Lipinski definition) is 2. The van der Waals surface area contributed by atoms with Crippen LogP contribution in [0.3, 0.4) is 0 Å². The number of carbonyl (C=O) groups excluding carboxylic acids is 1. The zero-order valence-corrected chi connectivity index (χ0v) is 8.79. The highest BCUT2D eigenvalue weighted by atomic mass is 16.1. The summed E-state index contributed by atoms with van der Waals surface area (Å²) < 4.78 is 0. The zero-order valence-electron chi connectivity index (χ0n) is 8.79. The molecular formula is C12H13N3O. The van der Waals surface area contributed by atoms with Crippen molar-refractivity contribution in [2.45, 2.75) is 6.04 Å². The lowest BCUT2D eigenvalue weighted by molar-refractivity contribution is 0.0925. The molecule has 0 saturated carbocycles. The molecule has 0 unspecified atom stereocenters. The third kappa shape index (κ3) is 1.47. The van der Waals surface area contributed by atoms with E-state index in [0.29, 0.717) is 0 Å². The fourth-order valence-electron chi connectivity index (χ4n) is 1.94. The minimum atomic E-state index is 0.0108. The number of hydrogen-bond donors (Lipinski definition) is 3. The summed E-state index contributed by atoms with van der Waals surface area (Å²) in [6, 6.07) is 7.94. The SMILES string of the molecule is O=C(NC1CNC1)c1cccc2[nH]ccc12. The van der Waals surface area contributed by atoms with Crippen molar-refractivity contribution in [1.82, 2.24) is 15.6 Å². The standard InChI is InChI=1S/C12H13N3O/c16-12(15-8-6-13-7-8)10-2-1-3-11-9(10)4-5-14-11/h1-5,8,13-14H,6-7H2,(H,15,16). The van der Waals surface area contributed by atoms with Gasteiger partial charge in [-0.05, 0) is 18.2 Å². The maximum Gasteiger partial charge on any atom is 0.252 e. The number of rotatable bonds is 2. The van der Waals surface area contributed by atoms with Gasteiger partial charge >= 0.3 is 0 Å². The van der Waals surface area contributed by atoms with Gasteiger partial charge in [0, 0.05) is 35.8 Å². The Hall–Kier alpha value is -1.81. The van der Waals surface area contributed by atoms with E-state index in [-0.39, 0.29) is 11.9 Å². The highest BCUT2D eigenvalue weighted by molar-refractivity contribution is 6.06. The monoisotopic (exact) mass is 215 g/mol. The van der Waals surface area contributed by atoms with Gasteiger partial charge in [0.15, 0.2) is 0 Å². The second-order valence-corrected chi connectivity index (χ2v) is 4.07. The van der Waals surface area contributed by atoms with E-state index >= 15 is 0 Å². The van der Waals surface area contributed by atoms with Crippen LogP contribution >= 0.6 is 0 Å². The Labute approximate surface area is 93.0 Å². The maximum absolute atomic E-state index is 12.0. The first-order valence-corrected chi connectivity index (χ1v) is 5.42. The largest absolute Gasteiger partial charge is 0.361 e. The summed E-state index contributed by atoms with van der Waals surface area (Å²) in [6.45, 7) is 1.74. The first-order chi connectivity index (χ1) is 7.84. The number of carbonyl (C=O) groups is 1. The summed E-state index contributed by atoms with van der Waals surface area (Å²) >= 11 is 0. The van der Waals surface area contributed by atoms with Crippen molar-refractivity contribution in [1.29, 1.82) is 0 Å². The average Bonchev–Trinajstić information content (AvgIpc) is 2.70. The lowest BCUT2D eigenvalue weighted by Gasteiger charge is -2.28. The van der Waals surface area contributed by atoms with E-state index in [1.807, 2.05) is 30.5 Å². The summed E-state index contributed by atoms with van der Waals surface area (Å²) in [7, 11) is 0. The molecule has 3 rings (SSSR count). The van der Waals surface area contributed by atoms with Crippen molar-refractivity contribution in [2.75, 3.05) is 13.1 Å². The topological polar surface area (TPSA) is 56.9 Å². The number of nitrogens with one attached hydrogen (secondary N) is 3. The van der Waals surface area contributed by atoms with E-state index in [2.05, 4.69) is 15.6 Å². The van der Waals surface area contributed by atoms with Gasteiger partial charge in [-0.3, -0.25) is 4.79 Å². The first-order valence-electron chi connectivity index (χ1n) is 5.42. The quantitative estimate of drug-likeness (QED) is 0.696. The molecule has 1 fully saturated rings. The molecule has 1 aliphatic heterocycles. The predicted octanol–water partition coefficient (Wildman–Crippen LogP) is 0.869. The summed E-state index contributed by atoms with van der Waals surface area (Å²) in [4.78, 5) is 15.1. The Morgan fingerprint density at radius 3 is 2.94 bits per heavy atom. The van der Waals surface area contributed by atoms with Crippen LogP contribution < -0.4 is 10.6 Å². The van der Waals surface area contributed by atoms with Crippen LogP contribution in [-0.2, 0) is 0 Å². The lowest BCUT2D eigenvalue weighted by Crippen LogP contribution is -2.56. The highest BCUT2D eigenvalue weighted by Crippen LogP contribution is 2.17. The molecule has 3 N–H and O–H groups in total. The van der Waals surface area contributed by atoms with Gasteiger partial charge in [0.1, 0.15) is 0 Å². The van der Waals surface area contributed by atoms with Crippen LogP contribution in [-0.4, -0.2) is 30.0 Å².